The maximum atomic E-state index is 12.1. The van der Waals surface area contributed by atoms with Gasteiger partial charge >= 0.3 is 5.97 Å². The second-order valence-electron chi connectivity index (χ2n) is 4.87. The smallest absolute Gasteiger partial charge is 0.356 e. The minimum absolute atomic E-state index is 0.0423. The Labute approximate surface area is 133 Å². The van der Waals surface area contributed by atoms with Crippen molar-refractivity contribution in [2.75, 3.05) is 11.9 Å². The molecule has 0 bridgehead atoms. The molecule has 1 aromatic carbocycles. The van der Waals surface area contributed by atoms with E-state index in [4.69, 9.17) is 9.84 Å². The van der Waals surface area contributed by atoms with Crippen molar-refractivity contribution in [3.8, 4) is 5.75 Å². The lowest BCUT2D eigenvalue weighted by atomic mass is 10.2. The van der Waals surface area contributed by atoms with Gasteiger partial charge in [-0.1, -0.05) is 6.92 Å². The van der Waals surface area contributed by atoms with E-state index in [1.807, 2.05) is 19.9 Å². The van der Waals surface area contributed by atoms with Crippen LogP contribution in [0.5, 0.6) is 5.75 Å². The van der Waals surface area contributed by atoms with Crippen molar-refractivity contribution in [1.29, 1.82) is 0 Å². The van der Waals surface area contributed by atoms with Gasteiger partial charge in [-0.25, -0.2) is 14.8 Å². The molecular formula is C16H17N3O4. The molecule has 2 N–H and O–H groups in total. The number of rotatable bonds is 6. The van der Waals surface area contributed by atoms with E-state index in [0.717, 1.165) is 30.1 Å². The highest BCUT2D eigenvalue weighted by atomic mass is 16.5. The number of benzene rings is 1. The highest BCUT2D eigenvalue weighted by Gasteiger charge is 2.12. The molecule has 120 valence electrons. The van der Waals surface area contributed by atoms with E-state index in [1.54, 1.807) is 12.1 Å². The SMILES string of the molecule is CCCOc1ccc(NC(=O)c2cnc(C(=O)O)cn2)c(C)c1. The average Bonchev–Trinajstić information content (AvgIpc) is 2.55. The molecule has 23 heavy (non-hydrogen) atoms. The Hall–Kier alpha value is -2.96. The van der Waals surface area contributed by atoms with E-state index in [9.17, 15) is 9.59 Å². The molecule has 0 fully saturated rings. The Morgan fingerprint density at radius 1 is 1.22 bits per heavy atom. The van der Waals surface area contributed by atoms with Crippen molar-refractivity contribution in [2.45, 2.75) is 20.3 Å². The first-order chi connectivity index (χ1) is 11.0. The van der Waals surface area contributed by atoms with Crippen LogP contribution in [0.3, 0.4) is 0 Å². The molecule has 0 atom stereocenters. The van der Waals surface area contributed by atoms with Crippen LogP contribution in [-0.4, -0.2) is 33.6 Å². The monoisotopic (exact) mass is 315 g/mol. The summed E-state index contributed by atoms with van der Waals surface area (Å²) in [7, 11) is 0. The predicted octanol–water partition coefficient (Wildman–Crippen LogP) is 2.52. The zero-order valence-electron chi connectivity index (χ0n) is 12.9. The molecule has 2 aromatic rings. The molecule has 0 saturated carbocycles. The summed E-state index contributed by atoms with van der Waals surface area (Å²) >= 11 is 0. The molecule has 0 aliphatic rings. The number of carboxylic acid groups (broad SMARTS) is 1. The lowest BCUT2D eigenvalue weighted by Crippen LogP contribution is -2.15. The summed E-state index contributed by atoms with van der Waals surface area (Å²) in [6, 6.07) is 5.36. The van der Waals surface area contributed by atoms with E-state index in [-0.39, 0.29) is 11.4 Å². The van der Waals surface area contributed by atoms with Crippen LogP contribution < -0.4 is 10.1 Å². The van der Waals surface area contributed by atoms with Gasteiger partial charge in [-0.15, -0.1) is 0 Å². The standard InChI is InChI=1S/C16H17N3O4/c1-3-6-23-11-4-5-12(10(2)7-11)19-15(20)13-8-18-14(9-17-13)16(21)22/h4-5,7-9H,3,6H2,1-2H3,(H,19,20)(H,21,22). The third-order valence-corrected chi connectivity index (χ3v) is 3.02. The number of amides is 1. The molecule has 0 aliphatic carbocycles. The Balaban J connectivity index is 2.09. The summed E-state index contributed by atoms with van der Waals surface area (Å²) in [5, 5.41) is 11.5. The molecule has 1 amide bonds. The van der Waals surface area contributed by atoms with Crippen LogP contribution in [0.2, 0.25) is 0 Å². The number of aryl methyl sites for hydroxylation is 1. The highest BCUT2D eigenvalue weighted by Crippen LogP contribution is 2.22. The van der Waals surface area contributed by atoms with Crippen molar-refractivity contribution in [1.82, 2.24) is 9.97 Å². The van der Waals surface area contributed by atoms with Gasteiger partial charge < -0.3 is 15.2 Å². The molecule has 0 saturated heterocycles. The fourth-order valence-corrected chi connectivity index (χ4v) is 1.83. The van der Waals surface area contributed by atoms with E-state index >= 15 is 0 Å². The van der Waals surface area contributed by atoms with Crippen LogP contribution in [0, 0.1) is 6.92 Å². The number of carboxylic acids is 1. The lowest BCUT2D eigenvalue weighted by molar-refractivity contribution is 0.0689. The van der Waals surface area contributed by atoms with Crippen molar-refractivity contribution in [3.63, 3.8) is 0 Å². The number of hydrogen-bond donors (Lipinski definition) is 2. The highest BCUT2D eigenvalue weighted by molar-refractivity contribution is 6.03. The molecule has 7 heteroatoms. The van der Waals surface area contributed by atoms with Gasteiger partial charge in [-0.2, -0.15) is 0 Å². The molecule has 0 spiro atoms. The number of nitrogens with zero attached hydrogens (tertiary/aromatic N) is 2. The number of ether oxygens (including phenoxy) is 1. The van der Waals surface area contributed by atoms with Gasteiger partial charge in [0, 0.05) is 5.69 Å². The first-order valence-electron chi connectivity index (χ1n) is 7.11. The Morgan fingerprint density at radius 2 is 1.91 bits per heavy atom. The van der Waals surface area contributed by atoms with E-state index < -0.39 is 11.9 Å². The first kappa shape index (κ1) is 16.4. The van der Waals surface area contributed by atoms with Crippen LogP contribution in [0.4, 0.5) is 5.69 Å². The lowest BCUT2D eigenvalue weighted by Gasteiger charge is -2.10. The number of hydrogen-bond acceptors (Lipinski definition) is 5. The fraction of sp³-hybridized carbons (Fsp3) is 0.250. The third kappa shape index (κ3) is 4.26. The third-order valence-electron chi connectivity index (χ3n) is 3.02. The average molecular weight is 315 g/mol. The Bertz CT molecular complexity index is 714. The van der Waals surface area contributed by atoms with Crippen LogP contribution in [-0.2, 0) is 0 Å². The van der Waals surface area contributed by atoms with E-state index in [1.165, 1.54) is 0 Å². The second kappa shape index (κ2) is 7.35. The second-order valence-corrected chi connectivity index (χ2v) is 4.87. The van der Waals surface area contributed by atoms with Gasteiger partial charge in [0.15, 0.2) is 5.69 Å². The van der Waals surface area contributed by atoms with Crippen molar-refractivity contribution in [2.24, 2.45) is 0 Å². The first-order valence-corrected chi connectivity index (χ1v) is 7.11. The number of anilines is 1. The largest absolute Gasteiger partial charge is 0.494 e. The van der Waals surface area contributed by atoms with Gasteiger partial charge in [0.2, 0.25) is 0 Å². The molecule has 7 nitrogen and oxygen atoms in total. The fourth-order valence-electron chi connectivity index (χ4n) is 1.83. The number of aromatic nitrogens is 2. The van der Waals surface area contributed by atoms with Crippen LogP contribution in [0.15, 0.2) is 30.6 Å². The molecule has 1 heterocycles. The summed E-state index contributed by atoms with van der Waals surface area (Å²) in [5.74, 6) is -0.907. The summed E-state index contributed by atoms with van der Waals surface area (Å²) < 4.78 is 5.53. The quantitative estimate of drug-likeness (QED) is 0.849. The van der Waals surface area contributed by atoms with Gasteiger partial charge in [0.05, 0.1) is 19.0 Å². The normalized spacial score (nSPS) is 10.2. The van der Waals surface area contributed by atoms with Crippen LogP contribution in [0.25, 0.3) is 0 Å². The Morgan fingerprint density at radius 3 is 2.48 bits per heavy atom. The molecule has 0 unspecified atom stereocenters. The number of carbonyl (C=O) groups is 2. The van der Waals surface area contributed by atoms with Crippen molar-refractivity contribution < 1.29 is 19.4 Å². The molecule has 1 aromatic heterocycles. The van der Waals surface area contributed by atoms with Crippen molar-refractivity contribution in [3.05, 3.63) is 47.5 Å². The number of aromatic carboxylic acids is 1. The van der Waals surface area contributed by atoms with Gasteiger partial charge in [0.25, 0.3) is 5.91 Å². The molecule has 0 radical (unpaired) electrons. The van der Waals surface area contributed by atoms with Gasteiger partial charge in [-0.3, -0.25) is 4.79 Å². The summed E-state index contributed by atoms with van der Waals surface area (Å²) in [6.45, 7) is 4.52. The molecule has 2 rings (SSSR count). The predicted molar refractivity (Wildman–Crippen MR) is 83.9 cm³/mol. The molecule has 0 aliphatic heterocycles. The zero-order chi connectivity index (χ0) is 16.8. The summed E-state index contributed by atoms with van der Waals surface area (Å²) in [5.41, 5.74) is 1.31. The van der Waals surface area contributed by atoms with Crippen LogP contribution >= 0.6 is 0 Å². The van der Waals surface area contributed by atoms with E-state index in [2.05, 4.69) is 15.3 Å². The maximum absolute atomic E-state index is 12.1. The van der Waals surface area contributed by atoms with E-state index in [0.29, 0.717) is 12.3 Å². The maximum Gasteiger partial charge on any atom is 0.356 e. The minimum Gasteiger partial charge on any atom is -0.494 e. The minimum atomic E-state index is -1.19. The topological polar surface area (TPSA) is 101 Å². The molecular weight excluding hydrogens is 298 g/mol. The zero-order valence-corrected chi connectivity index (χ0v) is 12.9. The Kier molecular flexibility index (Phi) is 5.24. The van der Waals surface area contributed by atoms with Gasteiger partial charge in [0.1, 0.15) is 11.4 Å². The van der Waals surface area contributed by atoms with Gasteiger partial charge in [-0.05, 0) is 37.1 Å². The van der Waals surface area contributed by atoms with Crippen LogP contribution in [0.1, 0.15) is 39.9 Å². The summed E-state index contributed by atoms with van der Waals surface area (Å²) in [6.07, 6.45) is 3.10. The van der Waals surface area contributed by atoms with Crippen molar-refractivity contribution >= 4 is 17.6 Å². The number of nitrogens with one attached hydrogen (secondary N) is 1. The number of carbonyl (C=O) groups excluding carboxylic acids is 1. The summed E-state index contributed by atoms with van der Waals surface area (Å²) in [4.78, 5) is 30.3.